The van der Waals surface area contributed by atoms with Crippen molar-refractivity contribution in [2.45, 2.75) is 13.3 Å². The van der Waals surface area contributed by atoms with E-state index in [1.807, 2.05) is 61.5 Å². The van der Waals surface area contributed by atoms with Gasteiger partial charge >= 0.3 is 0 Å². The molecule has 3 rings (SSSR count). The highest BCUT2D eigenvalue weighted by Crippen LogP contribution is 2.34. The van der Waals surface area contributed by atoms with Crippen LogP contribution in [0.25, 0.3) is 10.1 Å². The zero-order chi connectivity index (χ0) is 16.2. The number of nitrogens with zero attached hydrogens (tertiary/aromatic N) is 1. The largest absolute Gasteiger partial charge is 0.283 e. The molecule has 1 N–H and O–H groups in total. The normalized spacial score (nSPS) is 11.7. The van der Waals surface area contributed by atoms with Crippen molar-refractivity contribution in [2.75, 3.05) is 0 Å². The third-order valence-electron chi connectivity index (χ3n) is 3.39. The minimum absolute atomic E-state index is 0.274. The molecule has 116 valence electrons. The summed E-state index contributed by atoms with van der Waals surface area (Å²) in [5.74, 6) is -0.274. The fourth-order valence-corrected chi connectivity index (χ4v) is 3.69. The molecule has 1 heterocycles. The van der Waals surface area contributed by atoms with Crippen LogP contribution in [0.15, 0.2) is 59.7 Å². The molecule has 0 spiro atoms. The molecule has 0 saturated heterocycles. The van der Waals surface area contributed by atoms with Gasteiger partial charge in [0.15, 0.2) is 0 Å². The first-order valence-corrected chi connectivity index (χ1v) is 8.39. The van der Waals surface area contributed by atoms with Gasteiger partial charge in [0.2, 0.25) is 0 Å². The average molecular weight is 343 g/mol. The predicted octanol–water partition coefficient (Wildman–Crippen LogP) is 4.90. The van der Waals surface area contributed by atoms with Crippen LogP contribution in [0, 0.1) is 0 Å². The van der Waals surface area contributed by atoms with Gasteiger partial charge in [-0.3, -0.25) is 4.79 Å². The molecule has 3 nitrogen and oxygen atoms in total. The monoisotopic (exact) mass is 342 g/mol. The number of nitrogens with one attached hydrogen (secondary N) is 1. The van der Waals surface area contributed by atoms with E-state index in [9.17, 15) is 4.79 Å². The van der Waals surface area contributed by atoms with Gasteiger partial charge in [0.1, 0.15) is 4.88 Å². The average Bonchev–Trinajstić information content (AvgIpc) is 2.91. The van der Waals surface area contributed by atoms with Gasteiger partial charge in [-0.1, -0.05) is 60.1 Å². The van der Waals surface area contributed by atoms with Crippen molar-refractivity contribution in [2.24, 2.45) is 5.10 Å². The summed E-state index contributed by atoms with van der Waals surface area (Å²) in [7, 11) is 0. The van der Waals surface area contributed by atoms with Crippen LogP contribution in [-0.2, 0) is 6.42 Å². The predicted molar refractivity (Wildman–Crippen MR) is 97.6 cm³/mol. The van der Waals surface area contributed by atoms with Gasteiger partial charge in [-0.25, -0.2) is 5.43 Å². The molecule has 0 bridgehead atoms. The maximum absolute atomic E-state index is 12.3. The molecular formula is C18H15ClN2OS. The van der Waals surface area contributed by atoms with E-state index < -0.39 is 0 Å². The SMILES string of the molecule is CC(Cc1ccccc1)=NNC(=O)c1sc2ccccc2c1Cl. The van der Waals surface area contributed by atoms with E-state index in [4.69, 9.17) is 11.6 Å². The third-order valence-corrected chi connectivity index (χ3v) is 5.07. The molecule has 23 heavy (non-hydrogen) atoms. The maximum Gasteiger partial charge on any atom is 0.283 e. The summed E-state index contributed by atoms with van der Waals surface area (Å²) in [5.41, 5.74) is 4.59. The third kappa shape index (κ3) is 3.60. The van der Waals surface area contributed by atoms with Gasteiger partial charge in [-0.2, -0.15) is 5.10 Å². The Bertz CT molecular complexity index is 871. The quantitative estimate of drug-likeness (QED) is 0.531. The van der Waals surface area contributed by atoms with Gasteiger partial charge in [-0.15, -0.1) is 11.3 Å². The summed E-state index contributed by atoms with van der Waals surface area (Å²) in [6, 6.07) is 17.7. The summed E-state index contributed by atoms with van der Waals surface area (Å²) in [5, 5.41) is 5.55. The fraction of sp³-hybridized carbons (Fsp3) is 0.111. The number of hydrogen-bond acceptors (Lipinski definition) is 3. The molecule has 0 unspecified atom stereocenters. The van der Waals surface area contributed by atoms with Crippen LogP contribution in [0.4, 0.5) is 0 Å². The number of hydrazone groups is 1. The Morgan fingerprint density at radius 2 is 1.83 bits per heavy atom. The number of benzene rings is 2. The number of hydrogen-bond donors (Lipinski definition) is 1. The summed E-state index contributed by atoms with van der Waals surface area (Å²) in [6.07, 6.45) is 0.696. The van der Waals surface area contributed by atoms with Crippen molar-refractivity contribution in [3.63, 3.8) is 0 Å². The Balaban J connectivity index is 1.73. The zero-order valence-corrected chi connectivity index (χ0v) is 14.1. The second-order valence-corrected chi connectivity index (χ2v) is 6.62. The molecule has 5 heteroatoms. The number of rotatable bonds is 4. The highest BCUT2D eigenvalue weighted by molar-refractivity contribution is 7.21. The number of amides is 1. The lowest BCUT2D eigenvalue weighted by Crippen LogP contribution is -2.18. The number of thiophene rings is 1. The minimum Gasteiger partial charge on any atom is -0.266 e. The Hall–Kier alpha value is -2.17. The van der Waals surface area contributed by atoms with Gasteiger partial charge in [0.05, 0.1) is 5.02 Å². The lowest BCUT2D eigenvalue weighted by molar-refractivity contribution is 0.0959. The first-order chi connectivity index (χ1) is 11.1. The lowest BCUT2D eigenvalue weighted by atomic mass is 10.1. The molecule has 0 saturated carbocycles. The minimum atomic E-state index is -0.274. The first-order valence-electron chi connectivity index (χ1n) is 7.19. The van der Waals surface area contributed by atoms with E-state index in [0.717, 1.165) is 21.4 Å². The highest BCUT2D eigenvalue weighted by atomic mass is 35.5. The molecule has 1 amide bonds. The van der Waals surface area contributed by atoms with E-state index in [-0.39, 0.29) is 5.91 Å². The molecule has 0 aliphatic rings. The van der Waals surface area contributed by atoms with Crippen LogP contribution < -0.4 is 5.43 Å². The lowest BCUT2D eigenvalue weighted by Gasteiger charge is -2.02. The second kappa shape index (κ2) is 6.94. The second-order valence-electron chi connectivity index (χ2n) is 5.19. The topological polar surface area (TPSA) is 41.5 Å². The van der Waals surface area contributed by atoms with Gasteiger partial charge in [0, 0.05) is 22.2 Å². The van der Waals surface area contributed by atoms with Crippen molar-refractivity contribution >= 4 is 44.6 Å². The van der Waals surface area contributed by atoms with E-state index in [2.05, 4.69) is 10.5 Å². The van der Waals surface area contributed by atoms with E-state index in [1.54, 1.807) is 0 Å². The van der Waals surface area contributed by atoms with Gasteiger partial charge in [0.25, 0.3) is 5.91 Å². The van der Waals surface area contributed by atoms with E-state index in [0.29, 0.717) is 16.3 Å². The number of carbonyl (C=O) groups is 1. The molecule has 1 aromatic heterocycles. The molecule has 0 radical (unpaired) electrons. The van der Waals surface area contributed by atoms with Crippen LogP contribution in [0.2, 0.25) is 5.02 Å². The van der Waals surface area contributed by atoms with Crippen LogP contribution in [0.3, 0.4) is 0 Å². The number of carbonyl (C=O) groups excluding carboxylic acids is 1. The van der Waals surface area contributed by atoms with Crippen molar-refractivity contribution in [3.05, 3.63) is 70.1 Å². The first kappa shape index (κ1) is 15.7. The smallest absolute Gasteiger partial charge is 0.266 e. The fourth-order valence-electron chi connectivity index (χ4n) is 2.29. The summed E-state index contributed by atoms with van der Waals surface area (Å²) >= 11 is 7.67. The Kier molecular flexibility index (Phi) is 4.74. The van der Waals surface area contributed by atoms with Gasteiger partial charge in [-0.05, 0) is 18.6 Å². The van der Waals surface area contributed by atoms with Crippen molar-refractivity contribution in [3.8, 4) is 0 Å². The summed E-state index contributed by atoms with van der Waals surface area (Å²) in [6.45, 7) is 1.89. The molecule has 0 aliphatic carbocycles. The van der Waals surface area contributed by atoms with Gasteiger partial charge < -0.3 is 0 Å². The highest BCUT2D eigenvalue weighted by Gasteiger charge is 2.16. The van der Waals surface area contributed by atoms with E-state index in [1.165, 1.54) is 11.3 Å². The molecule has 0 aliphatic heterocycles. The molecule has 2 aromatic carbocycles. The molecular weight excluding hydrogens is 328 g/mol. The number of halogens is 1. The Morgan fingerprint density at radius 1 is 1.13 bits per heavy atom. The van der Waals surface area contributed by atoms with Crippen LogP contribution in [0.5, 0.6) is 0 Å². The maximum atomic E-state index is 12.3. The molecule has 3 aromatic rings. The molecule has 0 atom stereocenters. The van der Waals surface area contributed by atoms with Crippen molar-refractivity contribution in [1.82, 2.24) is 5.43 Å². The van der Waals surface area contributed by atoms with Crippen LogP contribution in [0.1, 0.15) is 22.2 Å². The van der Waals surface area contributed by atoms with Crippen LogP contribution in [-0.4, -0.2) is 11.6 Å². The summed E-state index contributed by atoms with van der Waals surface area (Å²) in [4.78, 5) is 12.8. The number of fused-ring (bicyclic) bond motifs is 1. The van der Waals surface area contributed by atoms with E-state index >= 15 is 0 Å². The van der Waals surface area contributed by atoms with Crippen LogP contribution >= 0.6 is 22.9 Å². The Morgan fingerprint density at radius 3 is 2.57 bits per heavy atom. The van der Waals surface area contributed by atoms with Crippen molar-refractivity contribution in [1.29, 1.82) is 0 Å². The summed E-state index contributed by atoms with van der Waals surface area (Å²) < 4.78 is 0.993. The standard InChI is InChI=1S/C18H15ClN2OS/c1-12(11-13-7-3-2-4-8-13)20-21-18(22)17-16(19)14-9-5-6-10-15(14)23-17/h2-10H,11H2,1H3,(H,21,22). The van der Waals surface area contributed by atoms with Crippen molar-refractivity contribution < 1.29 is 4.79 Å². The zero-order valence-electron chi connectivity index (χ0n) is 12.5. The molecule has 0 fully saturated rings. The Labute approximate surface area is 143 Å².